The van der Waals surface area contributed by atoms with Crippen LogP contribution in [0.4, 0.5) is 0 Å². The van der Waals surface area contributed by atoms with Gasteiger partial charge in [0.15, 0.2) is 5.78 Å². The standard InChI is InChI=1S/C22H25NO4/c1-25-22-5-3-2-4-20(22)21(24)11-8-18-6-9-19(10-7-18)27-17-14-23-12-15-26-16-13-23/h2-11H,12-17H2,1H3/b11-8+. The summed E-state index contributed by atoms with van der Waals surface area (Å²) in [4.78, 5) is 14.7. The van der Waals surface area contributed by atoms with Crippen molar-refractivity contribution in [1.29, 1.82) is 0 Å². The second-order valence-corrected chi connectivity index (χ2v) is 6.27. The third kappa shape index (κ3) is 5.67. The van der Waals surface area contributed by atoms with Crippen molar-refractivity contribution >= 4 is 11.9 Å². The minimum atomic E-state index is -0.0849. The molecule has 1 fully saturated rings. The fourth-order valence-corrected chi connectivity index (χ4v) is 2.90. The number of hydrogen-bond donors (Lipinski definition) is 0. The SMILES string of the molecule is COc1ccccc1C(=O)/C=C/c1ccc(OCCN2CCOCC2)cc1. The molecule has 0 aromatic heterocycles. The van der Waals surface area contributed by atoms with Gasteiger partial charge in [0.05, 0.1) is 25.9 Å². The summed E-state index contributed by atoms with van der Waals surface area (Å²) >= 11 is 0. The van der Waals surface area contributed by atoms with E-state index in [-0.39, 0.29) is 5.78 Å². The maximum atomic E-state index is 12.4. The summed E-state index contributed by atoms with van der Waals surface area (Å²) < 4.78 is 16.4. The largest absolute Gasteiger partial charge is 0.496 e. The van der Waals surface area contributed by atoms with Crippen LogP contribution in [-0.4, -0.2) is 57.2 Å². The predicted molar refractivity (Wildman–Crippen MR) is 106 cm³/mol. The van der Waals surface area contributed by atoms with Crippen molar-refractivity contribution in [1.82, 2.24) is 4.90 Å². The number of allylic oxidation sites excluding steroid dienone is 1. The van der Waals surface area contributed by atoms with E-state index >= 15 is 0 Å². The Labute approximate surface area is 160 Å². The summed E-state index contributed by atoms with van der Waals surface area (Å²) in [6.07, 6.45) is 3.36. The van der Waals surface area contributed by atoms with Crippen LogP contribution >= 0.6 is 0 Å². The molecule has 5 nitrogen and oxygen atoms in total. The first kappa shape index (κ1) is 19.1. The summed E-state index contributed by atoms with van der Waals surface area (Å²) in [6, 6.07) is 14.9. The molecule has 3 rings (SSSR count). The van der Waals surface area contributed by atoms with E-state index in [1.807, 2.05) is 36.4 Å². The molecule has 0 amide bonds. The van der Waals surface area contributed by atoms with E-state index in [1.54, 1.807) is 31.4 Å². The molecule has 2 aromatic rings. The summed E-state index contributed by atoms with van der Waals surface area (Å²) in [5, 5.41) is 0. The van der Waals surface area contributed by atoms with E-state index < -0.39 is 0 Å². The lowest BCUT2D eigenvalue weighted by Gasteiger charge is -2.26. The molecule has 0 atom stereocenters. The van der Waals surface area contributed by atoms with Crippen LogP contribution in [0.3, 0.4) is 0 Å². The van der Waals surface area contributed by atoms with Gasteiger partial charge in [0.1, 0.15) is 18.1 Å². The van der Waals surface area contributed by atoms with Crippen molar-refractivity contribution < 1.29 is 19.0 Å². The maximum absolute atomic E-state index is 12.4. The Kier molecular flexibility index (Phi) is 7.02. The van der Waals surface area contributed by atoms with Gasteiger partial charge in [0, 0.05) is 19.6 Å². The van der Waals surface area contributed by atoms with Gasteiger partial charge in [0.25, 0.3) is 0 Å². The van der Waals surface area contributed by atoms with Crippen LogP contribution < -0.4 is 9.47 Å². The average molecular weight is 367 g/mol. The van der Waals surface area contributed by atoms with Gasteiger partial charge in [-0.05, 0) is 35.9 Å². The van der Waals surface area contributed by atoms with E-state index in [0.717, 1.165) is 44.2 Å². The summed E-state index contributed by atoms with van der Waals surface area (Å²) in [6.45, 7) is 5.09. The number of methoxy groups -OCH3 is 1. The normalized spacial score (nSPS) is 15.0. The lowest BCUT2D eigenvalue weighted by Crippen LogP contribution is -2.38. The molecule has 1 heterocycles. The van der Waals surface area contributed by atoms with Gasteiger partial charge in [-0.2, -0.15) is 0 Å². The first-order valence-corrected chi connectivity index (χ1v) is 9.14. The van der Waals surface area contributed by atoms with Gasteiger partial charge in [0.2, 0.25) is 0 Å². The Morgan fingerprint density at radius 1 is 1.11 bits per heavy atom. The molecular weight excluding hydrogens is 342 g/mol. The molecule has 0 spiro atoms. The number of ether oxygens (including phenoxy) is 3. The quantitative estimate of drug-likeness (QED) is 0.529. The number of carbonyl (C=O) groups excluding carboxylic acids is 1. The molecule has 0 N–H and O–H groups in total. The molecule has 0 aliphatic carbocycles. The lowest BCUT2D eigenvalue weighted by atomic mass is 10.1. The molecule has 0 saturated carbocycles. The molecule has 2 aromatic carbocycles. The van der Waals surface area contributed by atoms with Crippen LogP contribution in [0.1, 0.15) is 15.9 Å². The van der Waals surface area contributed by atoms with Crippen LogP contribution in [0.25, 0.3) is 6.08 Å². The summed E-state index contributed by atoms with van der Waals surface area (Å²) in [7, 11) is 1.56. The third-order valence-corrected chi connectivity index (χ3v) is 4.46. The fourth-order valence-electron chi connectivity index (χ4n) is 2.90. The monoisotopic (exact) mass is 367 g/mol. The molecule has 0 radical (unpaired) electrons. The minimum absolute atomic E-state index is 0.0849. The highest BCUT2D eigenvalue weighted by Crippen LogP contribution is 2.19. The van der Waals surface area contributed by atoms with Gasteiger partial charge in [-0.25, -0.2) is 0 Å². The highest BCUT2D eigenvalue weighted by atomic mass is 16.5. The number of ketones is 1. The number of nitrogens with zero attached hydrogens (tertiary/aromatic N) is 1. The second kappa shape index (κ2) is 9.90. The molecule has 1 aliphatic heterocycles. The number of para-hydroxylation sites is 1. The van der Waals surface area contributed by atoms with Crippen LogP contribution in [0.15, 0.2) is 54.6 Å². The van der Waals surface area contributed by atoms with Gasteiger partial charge < -0.3 is 14.2 Å². The molecular formula is C22H25NO4. The highest BCUT2D eigenvalue weighted by molar-refractivity contribution is 6.08. The summed E-state index contributed by atoms with van der Waals surface area (Å²) in [5.74, 6) is 1.32. The van der Waals surface area contributed by atoms with Crippen LogP contribution in [0.2, 0.25) is 0 Å². The Morgan fingerprint density at radius 3 is 2.59 bits per heavy atom. The fraction of sp³-hybridized carbons (Fsp3) is 0.318. The molecule has 1 saturated heterocycles. The molecule has 0 unspecified atom stereocenters. The zero-order valence-corrected chi connectivity index (χ0v) is 15.6. The topological polar surface area (TPSA) is 48.0 Å². The maximum Gasteiger partial charge on any atom is 0.189 e. The average Bonchev–Trinajstić information content (AvgIpc) is 2.73. The van der Waals surface area contributed by atoms with Crippen LogP contribution in [0.5, 0.6) is 11.5 Å². The van der Waals surface area contributed by atoms with Crippen molar-refractivity contribution in [2.75, 3.05) is 46.6 Å². The van der Waals surface area contributed by atoms with E-state index in [0.29, 0.717) is 17.9 Å². The lowest BCUT2D eigenvalue weighted by molar-refractivity contribution is 0.0322. The van der Waals surface area contributed by atoms with E-state index in [1.165, 1.54) is 0 Å². The smallest absolute Gasteiger partial charge is 0.189 e. The molecule has 27 heavy (non-hydrogen) atoms. The van der Waals surface area contributed by atoms with Crippen molar-refractivity contribution in [3.63, 3.8) is 0 Å². The highest BCUT2D eigenvalue weighted by Gasteiger charge is 2.10. The van der Waals surface area contributed by atoms with Crippen LogP contribution in [-0.2, 0) is 4.74 Å². The molecule has 142 valence electrons. The minimum Gasteiger partial charge on any atom is -0.496 e. The molecule has 5 heteroatoms. The van der Waals surface area contributed by atoms with E-state index in [4.69, 9.17) is 14.2 Å². The molecule has 1 aliphatic rings. The number of rotatable bonds is 8. The first-order chi connectivity index (χ1) is 13.3. The van der Waals surface area contributed by atoms with E-state index in [9.17, 15) is 4.79 Å². The number of hydrogen-bond acceptors (Lipinski definition) is 5. The van der Waals surface area contributed by atoms with Crippen molar-refractivity contribution in [2.45, 2.75) is 0 Å². The van der Waals surface area contributed by atoms with Crippen molar-refractivity contribution in [3.05, 3.63) is 65.7 Å². The number of benzene rings is 2. The van der Waals surface area contributed by atoms with Gasteiger partial charge in [-0.15, -0.1) is 0 Å². The zero-order chi connectivity index (χ0) is 18.9. The Bertz CT molecular complexity index is 764. The Morgan fingerprint density at radius 2 is 1.85 bits per heavy atom. The molecule has 0 bridgehead atoms. The predicted octanol–water partition coefficient (Wildman–Crippen LogP) is 3.30. The first-order valence-electron chi connectivity index (χ1n) is 9.14. The Hall–Kier alpha value is -2.63. The van der Waals surface area contributed by atoms with Gasteiger partial charge >= 0.3 is 0 Å². The second-order valence-electron chi connectivity index (χ2n) is 6.27. The van der Waals surface area contributed by atoms with E-state index in [2.05, 4.69) is 4.90 Å². The van der Waals surface area contributed by atoms with Gasteiger partial charge in [-0.1, -0.05) is 30.3 Å². The third-order valence-electron chi connectivity index (χ3n) is 4.46. The Balaban J connectivity index is 1.51. The summed E-state index contributed by atoms with van der Waals surface area (Å²) in [5.41, 5.74) is 1.50. The van der Waals surface area contributed by atoms with Crippen molar-refractivity contribution in [2.24, 2.45) is 0 Å². The van der Waals surface area contributed by atoms with Gasteiger partial charge in [-0.3, -0.25) is 9.69 Å². The van der Waals surface area contributed by atoms with Crippen molar-refractivity contribution in [3.8, 4) is 11.5 Å². The zero-order valence-electron chi connectivity index (χ0n) is 15.6. The van der Waals surface area contributed by atoms with Crippen LogP contribution in [0, 0.1) is 0 Å². The number of carbonyl (C=O) groups is 1. The number of morpholine rings is 1.